The molecule has 152 valence electrons. The SMILES string of the molecule is Cc1cc(OCC(=O)Nc2cc(S(N)(=O)=O)cc(C)c2C)c(C(C)C)cc1Cl. The fourth-order valence-corrected chi connectivity index (χ4v) is 3.49. The molecule has 0 bridgehead atoms. The first kappa shape index (κ1) is 22.2. The van der Waals surface area contributed by atoms with Gasteiger partial charge in [-0.2, -0.15) is 0 Å². The van der Waals surface area contributed by atoms with Gasteiger partial charge in [0.25, 0.3) is 5.91 Å². The van der Waals surface area contributed by atoms with Crippen LogP contribution < -0.4 is 15.2 Å². The number of benzene rings is 2. The fraction of sp³-hybridized carbons (Fsp3) is 0.350. The molecular formula is C20H25ClN2O4S. The number of hydrogen-bond donors (Lipinski definition) is 2. The summed E-state index contributed by atoms with van der Waals surface area (Å²) >= 11 is 6.19. The minimum absolute atomic E-state index is 0.0535. The van der Waals surface area contributed by atoms with Crippen molar-refractivity contribution in [1.29, 1.82) is 0 Å². The van der Waals surface area contributed by atoms with E-state index in [2.05, 4.69) is 5.32 Å². The molecule has 0 saturated heterocycles. The molecule has 0 saturated carbocycles. The first-order chi connectivity index (χ1) is 12.9. The molecule has 0 aliphatic heterocycles. The van der Waals surface area contributed by atoms with Crippen molar-refractivity contribution in [3.05, 3.63) is 51.5 Å². The van der Waals surface area contributed by atoms with Gasteiger partial charge in [-0.25, -0.2) is 13.6 Å². The fourth-order valence-electron chi connectivity index (χ4n) is 2.70. The lowest BCUT2D eigenvalue weighted by atomic mass is 10.0. The predicted molar refractivity (Wildman–Crippen MR) is 112 cm³/mol. The number of aryl methyl sites for hydroxylation is 2. The number of rotatable bonds is 6. The van der Waals surface area contributed by atoms with Gasteiger partial charge >= 0.3 is 0 Å². The van der Waals surface area contributed by atoms with E-state index in [-0.39, 0.29) is 17.4 Å². The molecule has 0 heterocycles. The number of nitrogens with two attached hydrogens (primary N) is 1. The molecule has 6 nitrogen and oxygen atoms in total. The van der Waals surface area contributed by atoms with Gasteiger partial charge in [0.1, 0.15) is 5.75 Å². The van der Waals surface area contributed by atoms with Gasteiger partial charge in [-0.15, -0.1) is 0 Å². The van der Waals surface area contributed by atoms with Crippen LogP contribution in [-0.2, 0) is 14.8 Å². The van der Waals surface area contributed by atoms with Gasteiger partial charge in [-0.05, 0) is 73.2 Å². The molecule has 3 N–H and O–H groups in total. The highest BCUT2D eigenvalue weighted by molar-refractivity contribution is 7.89. The Morgan fingerprint density at radius 3 is 2.36 bits per heavy atom. The number of amides is 1. The van der Waals surface area contributed by atoms with Crippen molar-refractivity contribution < 1.29 is 17.9 Å². The normalized spacial score (nSPS) is 11.6. The summed E-state index contributed by atoms with van der Waals surface area (Å²) in [5, 5.41) is 8.55. The molecule has 2 aromatic rings. The second-order valence-corrected chi connectivity index (χ2v) is 9.06. The number of sulfonamides is 1. The van der Waals surface area contributed by atoms with Crippen molar-refractivity contribution in [3.8, 4) is 5.75 Å². The van der Waals surface area contributed by atoms with Crippen LogP contribution in [-0.4, -0.2) is 20.9 Å². The third-order valence-corrected chi connectivity index (χ3v) is 5.82. The second kappa shape index (κ2) is 8.51. The van der Waals surface area contributed by atoms with E-state index < -0.39 is 15.9 Å². The van der Waals surface area contributed by atoms with Crippen LogP contribution in [0, 0.1) is 20.8 Å². The highest BCUT2D eigenvalue weighted by Crippen LogP contribution is 2.32. The highest BCUT2D eigenvalue weighted by Gasteiger charge is 2.16. The Kier molecular flexibility index (Phi) is 6.75. The summed E-state index contributed by atoms with van der Waals surface area (Å²) in [4.78, 5) is 12.3. The number of halogens is 1. The standard InChI is InChI=1S/C20H25ClN2O4S/c1-11(2)16-9-17(21)13(4)7-19(16)27-10-20(24)23-18-8-15(28(22,25)26)6-12(3)14(18)5/h6-9,11H,10H2,1-5H3,(H,23,24)(H2,22,25,26). The van der Waals surface area contributed by atoms with Crippen molar-refractivity contribution in [3.63, 3.8) is 0 Å². The second-order valence-electron chi connectivity index (χ2n) is 7.09. The zero-order chi connectivity index (χ0) is 21.2. The molecular weight excluding hydrogens is 400 g/mol. The molecule has 0 fully saturated rings. The Balaban J connectivity index is 2.20. The first-order valence-electron chi connectivity index (χ1n) is 8.77. The van der Waals surface area contributed by atoms with Crippen LogP contribution in [0.2, 0.25) is 5.02 Å². The predicted octanol–water partition coefficient (Wildman–Crippen LogP) is 4.05. The Morgan fingerprint density at radius 1 is 1.14 bits per heavy atom. The maximum Gasteiger partial charge on any atom is 0.262 e. The first-order valence-corrected chi connectivity index (χ1v) is 10.7. The number of hydrogen-bond acceptors (Lipinski definition) is 4. The minimum Gasteiger partial charge on any atom is -0.483 e. The molecule has 0 unspecified atom stereocenters. The third kappa shape index (κ3) is 5.25. The molecule has 2 aromatic carbocycles. The number of carbonyl (C=O) groups excluding carboxylic acids is 1. The summed E-state index contributed by atoms with van der Waals surface area (Å²) in [7, 11) is -3.87. The van der Waals surface area contributed by atoms with E-state index in [1.165, 1.54) is 12.1 Å². The Bertz CT molecular complexity index is 1020. The van der Waals surface area contributed by atoms with Crippen LogP contribution in [0.4, 0.5) is 5.69 Å². The van der Waals surface area contributed by atoms with E-state index >= 15 is 0 Å². The van der Waals surface area contributed by atoms with E-state index in [9.17, 15) is 13.2 Å². The smallest absolute Gasteiger partial charge is 0.262 e. The lowest BCUT2D eigenvalue weighted by Gasteiger charge is -2.17. The summed E-state index contributed by atoms with van der Waals surface area (Å²) < 4.78 is 29.0. The molecule has 0 aliphatic carbocycles. The summed E-state index contributed by atoms with van der Waals surface area (Å²) in [6, 6.07) is 6.48. The van der Waals surface area contributed by atoms with Gasteiger partial charge in [0, 0.05) is 10.7 Å². The van der Waals surface area contributed by atoms with Crippen LogP contribution >= 0.6 is 11.6 Å². The molecule has 28 heavy (non-hydrogen) atoms. The Hall–Kier alpha value is -2.09. The van der Waals surface area contributed by atoms with E-state index in [1.807, 2.05) is 32.9 Å². The molecule has 0 radical (unpaired) electrons. The van der Waals surface area contributed by atoms with Gasteiger partial charge in [0.15, 0.2) is 6.61 Å². The van der Waals surface area contributed by atoms with Crippen LogP contribution in [0.5, 0.6) is 5.75 Å². The lowest BCUT2D eigenvalue weighted by molar-refractivity contribution is -0.118. The largest absolute Gasteiger partial charge is 0.483 e. The minimum atomic E-state index is -3.87. The molecule has 0 atom stereocenters. The number of carbonyl (C=O) groups is 1. The van der Waals surface area contributed by atoms with Gasteiger partial charge < -0.3 is 10.1 Å². The van der Waals surface area contributed by atoms with Gasteiger partial charge in [-0.1, -0.05) is 25.4 Å². The summed E-state index contributed by atoms with van der Waals surface area (Å²) in [5.74, 6) is 0.363. The van der Waals surface area contributed by atoms with Gasteiger partial charge in [0.2, 0.25) is 10.0 Å². The van der Waals surface area contributed by atoms with E-state index in [0.717, 1.165) is 16.7 Å². The average molecular weight is 425 g/mol. The molecule has 8 heteroatoms. The Labute approximate surface area is 171 Å². The zero-order valence-electron chi connectivity index (χ0n) is 16.6. The lowest BCUT2D eigenvalue weighted by Crippen LogP contribution is -2.22. The molecule has 0 aromatic heterocycles. The van der Waals surface area contributed by atoms with E-state index in [4.69, 9.17) is 21.5 Å². The summed E-state index contributed by atoms with van der Waals surface area (Å²) in [6.45, 7) is 9.21. The van der Waals surface area contributed by atoms with Crippen LogP contribution in [0.3, 0.4) is 0 Å². The van der Waals surface area contributed by atoms with Crippen molar-refractivity contribution in [1.82, 2.24) is 0 Å². The third-order valence-electron chi connectivity index (χ3n) is 4.52. The monoisotopic (exact) mass is 424 g/mol. The topological polar surface area (TPSA) is 98.5 Å². The Morgan fingerprint density at radius 2 is 1.79 bits per heavy atom. The summed E-state index contributed by atoms with van der Waals surface area (Å²) in [5.41, 5.74) is 3.61. The zero-order valence-corrected chi connectivity index (χ0v) is 18.2. The number of nitrogens with one attached hydrogen (secondary N) is 1. The van der Waals surface area contributed by atoms with Crippen molar-refractivity contribution in [2.24, 2.45) is 5.14 Å². The molecule has 0 aliphatic rings. The maximum atomic E-state index is 12.4. The van der Waals surface area contributed by atoms with Crippen LogP contribution in [0.15, 0.2) is 29.2 Å². The number of ether oxygens (including phenoxy) is 1. The maximum absolute atomic E-state index is 12.4. The van der Waals surface area contributed by atoms with E-state index in [1.54, 1.807) is 13.8 Å². The van der Waals surface area contributed by atoms with Crippen molar-refractivity contribution in [2.75, 3.05) is 11.9 Å². The van der Waals surface area contributed by atoms with Gasteiger partial charge in [0.05, 0.1) is 4.90 Å². The molecule has 1 amide bonds. The number of primary sulfonamides is 1. The van der Waals surface area contributed by atoms with E-state index in [0.29, 0.717) is 22.0 Å². The quantitative estimate of drug-likeness (QED) is 0.730. The van der Waals surface area contributed by atoms with Crippen LogP contribution in [0.1, 0.15) is 42.0 Å². The van der Waals surface area contributed by atoms with Gasteiger partial charge in [-0.3, -0.25) is 4.79 Å². The summed E-state index contributed by atoms with van der Waals surface area (Å²) in [6.07, 6.45) is 0. The average Bonchev–Trinajstić information content (AvgIpc) is 2.58. The van der Waals surface area contributed by atoms with Crippen molar-refractivity contribution >= 4 is 33.2 Å². The van der Waals surface area contributed by atoms with Crippen LogP contribution in [0.25, 0.3) is 0 Å². The molecule has 0 spiro atoms. The number of anilines is 1. The molecule has 2 rings (SSSR count). The van der Waals surface area contributed by atoms with Crippen molar-refractivity contribution in [2.45, 2.75) is 45.4 Å². The highest BCUT2D eigenvalue weighted by atomic mass is 35.5.